The van der Waals surface area contributed by atoms with Crippen molar-refractivity contribution in [1.29, 1.82) is 0 Å². The molecule has 1 aliphatic rings. The highest BCUT2D eigenvalue weighted by molar-refractivity contribution is 7.98. The number of halogens is 2. The molecule has 0 aromatic heterocycles. The Bertz CT molecular complexity index is 858. The van der Waals surface area contributed by atoms with Crippen LogP contribution in [0, 0.1) is 17.6 Å². The standard InChI is InChI=1S/C20H20F2N2O2S/c1-23(11-13-3-8-17(21)18(22)9-13)20(26)14-10-19(25)24(12-14)15-4-6-16(27-2)7-5-15/h3-9,14H,10-12H2,1-2H3/t14-/m1/s1. The van der Waals surface area contributed by atoms with Crippen molar-refractivity contribution in [2.24, 2.45) is 5.92 Å². The van der Waals surface area contributed by atoms with Crippen molar-refractivity contribution in [1.82, 2.24) is 4.90 Å². The molecule has 1 heterocycles. The minimum absolute atomic E-state index is 0.0912. The average Bonchev–Trinajstić information content (AvgIpc) is 3.05. The lowest BCUT2D eigenvalue weighted by Gasteiger charge is -2.22. The Morgan fingerprint density at radius 3 is 2.52 bits per heavy atom. The largest absolute Gasteiger partial charge is 0.341 e. The summed E-state index contributed by atoms with van der Waals surface area (Å²) >= 11 is 1.62. The molecule has 2 aromatic rings. The summed E-state index contributed by atoms with van der Waals surface area (Å²) in [4.78, 5) is 29.2. The fraction of sp³-hybridized carbons (Fsp3) is 0.300. The molecule has 2 aromatic carbocycles. The van der Waals surface area contributed by atoms with Crippen LogP contribution in [0.2, 0.25) is 0 Å². The summed E-state index contributed by atoms with van der Waals surface area (Å²) in [6, 6.07) is 11.2. The van der Waals surface area contributed by atoms with Crippen molar-refractivity contribution in [3.63, 3.8) is 0 Å². The fourth-order valence-electron chi connectivity index (χ4n) is 3.19. The summed E-state index contributed by atoms with van der Waals surface area (Å²) in [7, 11) is 1.60. The van der Waals surface area contributed by atoms with E-state index in [2.05, 4.69) is 0 Å². The summed E-state index contributed by atoms with van der Waals surface area (Å²) in [5, 5.41) is 0. The molecule has 1 aliphatic heterocycles. The molecule has 27 heavy (non-hydrogen) atoms. The molecule has 0 bridgehead atoms. The summed E-state index contributed by atoms with van der Waals surface area (Å²) in [5.74, 6) is -2.59. The summed E-state index contributed by atoms with van der Waals surface area (Å²) in [6.45, 7) is 0.474. The van der Waals surface area contributed by atoms with Gasteiger partial charge in [0.2, 0.25) is 11.8 Å². The number of carbonyl (C=O) groups is 2. The molecule has 0 N–H and O–H groups in total. The Morgan fingerprint density at radius 1 is 1.19 bits per heavy atom. The monoisotopic (exact) mass is 390 g/mol. The molecule has 1 fully saturated rings. The first-order chi connectivity index (χ1) is 12.9. The molecule has 2 amide bonds. The van der Waals surface area contributed by atoms with Crippen molar-refractivity contribution in [3.05, 3.63) is 59.7 Å². The van der Waals surface area contributed by atoms with E-state index in [1.807, 2.05) is 30.5 Å². The quantitative estimate of drug-likeness (QED) is 0.731. The number of anilines is 1. The van der Waals surface area contributed by atoms with Gasteiger partial charge in [-0.2, -0.15) is 0 Å². The highest BCUT2D eigenvalue weighted by Crippen LogP contribution is 2.28. The fourth-order valence-corrected chi connectivity index (χ4v) is 3.59. The zero-order valence-electron chi connectivity index (χ0n) is 15.1. The average molecular weight is 390 g/mol. The first kappa shape index (κ1) is 19.4. The Kier molecular flexibility index (Phi) is 5.79. The molecule has 0 aliphatic carbocycles. The number of benzene rings is 2. The van der Waals surface area contributed by atoms with Gasteiger partial charge in [-0.25, -0.2) is 8.78 Å². The van der Waals surface area contributed by atoms with Gasteiger partial charge in [0, 0.05) is 37.1 Å². The Morgan fingerprint density at radius 2 is 1.89 bits per heavy atom. The lowest BCUT2D eigenvalue weighted by molar-refractivity contribution is -0.135. The molecule has 4 nitrogen and oxygen atoms in total. The lowest BCUT2D eigenvalue weighted by atomic mass is 10.1. The maximum absolute atomic E-state index is 13.3. The second-order valence-corrected chi connectivity index (χ2v) is 7.43. The summed E-state index contributed by atoms with van der Waals surface area (Å²) in [6.07, 6.45) is 2.12. The van der Waals surface area contributed by atoms with Crippen molar-refractivity contribution in [2.45, 2.75) is 17.9 Å². The van der Waals surface area contributed by atoms with Crippen molar-refractivity contribution in [3.8, 4) is 0 Å². The maximum atomic E-state index is 13.3. The summed E-state index contributed by atoms with van der Waals surface area (Å²) in [5.41, 5.74) is 1.27. The van der Waals surface area contributed by atoms with Crippen LogP contribution in [0.4, 0.5) is 14.5 Å². The maximum Gasteiger partial charge on any atom is 0.228 e. The van der Waals surface area contributed by atoms with Gasteiger partial charge in [0.15, 0.2) is 11.6 Å². The minimum Gasteiger partial charge on any atom is -0.341 e. The number of nitrogens with zero attached hydrogens (tertiary/aromatic N) is 2. The molecule has 0 unspecified atom stereocenters. The molecule has 3 rings (SSSR count). The highest BCUT2D eigenvalue weighted by atomic mass is 32.2. The SMILES string of the molecule is CSc1ccc(N2C[C@H](C(=O)N(C)Cc3ccc(F)c(F)c3)CC2=O)cc1. The van der Waals surface area contributed by atoms with Crippen molar-refractivity contribution < 1.29 is 18.4 Å². The van der Waals surface area contributed by atoms with Crippen LogP contribution in [0.25, 0.3) is 0 Å². The predicted molar refractivity (Wildman–Crippen MR) is 102 cm³/mol. The molecule has 142 valence electrons. The van der Waals surface area contributed by atoms with Crippen LogP contribution in [0.15, 0.2) is 47.4 Å². The molecule has 7 heteroatoms. The van der Waals surface area contributed by atoms with E-state index in [-0.39, 0.29) is 24.8 Å². The van der Waals surface area contributed by atoms with E-state index in [1.54, 1.807) is 23.7 Å². The third-order valence-corrected chi connectivity index (χ3v) is 5.38. The van der Waals surface area contributed by atoms with Gasteiger partial charge in [0.1, 0.15) is 0 Å². The molecule has 1 saturated heterocycles. The summed E-state index contributed by atoms with van der Waals surface area (Å²) < 4.78 is 26.4. The van der Waals surface area contributed by atoms with Gasteiger partial charge in [0.25, 0.3) is 0 Å². The Labute approximate surface area is 161 Å². The lowest BCUT2D eigenvalue weighted by Crippen LogP contribution is -2.34. The number of rotatable bonds is 5. The first-order valence-corrected chi connectivity index (χ1v) is 9.75. The van der Waals surface area contributed by atoms with Gasteiger partial charge in [-0.3, -0.25) is 9.59 Å². The topological polar surface area (TPSA) is 40.6 Å². The van der Waals surface area contributed by atoms with Gasteiger partial charge in [0.05, 0.1) is 5.92 Å². The number of amides is 2. The van der Waals surface area contributed by atoms with Crippen LogP contribution in [-0.2, 0) is 16.1 Å². The van der Waals surface area contributed by atoms with Gasteiger partial charge in [-0.15, -0.1) is 11.8 Å². The van der Waals surface area contributed by atoms with E-state index in [0.717, 1.165) is 22.7 Å². The van der Waals surface area contributed by atoms with Gasteiger partial charge < -0.3 is 9.80 Å². The zero-order valence-corrected chi connectivity index (χ0v) is 15.9. The minimum atomic E-state index is -0.941. The van der Waals surface area contributed by atoms with Crippen LogP contribution >= 0.6 is 11.8 Å². The van der Waals surface area contributed by atoms with Crippen molar-refractivity contribution >= 4 is 29.3 Å². The van der Waals surface area contributed by atoms with E-state index in [0.29, 0.717) is 12.1 Å². The van der Waals surface area contributed by atoms with E-state index in [9.17, 15) is 18.4 Å². The van der Waals surface area contributed by atoms with Crippen LogP contribution < -0.4 is 4.90 Å². The van der Waals surface area contributed by atoms with E-state index < -0.39 is 17.6 Å². The third kappa shape index (κ3) is 4.30. The highest BCUT2D eigenvalue weighted by Gasteiger charge is 2.36. The Hall–Kier alpha value is -2.41. The molecule has 0 saturated carbocycles. The number of hydrogen-bond donors (Lipinski definition) is 0. The molecular weight excluding hydrogens is 370 g/mol. The second-order valence-electron chi connectivity index (χ2n) is 6.55. The van der Waals surface area contributed by atoms with Crippen LogP contribution in [0.5, 0.6) is 0 Å². The number of hydrogen-bond acceptors (Lipinski definition) is 3. The van der Waals surface area contributed by atoms with Crippen molar-refractivity contribution in [2.75, 3.05) is 24.7 Å². The third-order valence-electron chi connectivity index (χ3n) is 4.64. The normalized spacial score (nSPS) is 16.7. The second kappa shape index (κ2) is 8.08. The smallest absolute Gasteiger partial charge is 0.228 e. The van der Waals surface area contributed by atoms with E-state index in [4.69, 9.17) is 0 Å². The van der Waals surface area contributed by atoms with Gasteiger partial charge in [-0.1, -0.05) is 6.07 Å². The zero-order chi connectivity index (χ0) is 19.6. The Balaban J connectivity index is 1.66. The van der Waals surface area contributed by atoms with Gasteiger partial charge in [-0.05, 0) is 48.2 Å². The number of carbonyl (C=O) groups excluding carboxylic acids is 2. The van der Waals surface area contributed by atoms with Crippen LogP contribution in [0.3, 0.4) is 0 Å². The van der Waals surface area contributed by atoms with E-state index >= 15 is 0 Å². The van der Waals surface area contributed by atoms with Gasteiger partial charge >= 0.3 is 0 Å². The van der Waals surface area contributed by atoms with Crippen LogP contribution in [0.1, 0.15) is 12.0 Å². The predicted octanol–water partition coefficient (Wildman–Crippen LogP) is 3.70. The molecule has 1 atom stereocenters. The first-order valence-electron chi connectivity index (χ1n) is 8.52. The molecular formula is C20H20F2N2O2S. The molecule has 0 radical (unpaired) electrons. The van der Waals surface area contributed by atoms with E-state index in [1.165, 1.54) is 11.0 Å². The molecule has 0 spiro atoms. The number of thioether (sulfide) groups is 1. The van der Waals surface area contributed by atoms with Crippen LogP contribution in [-0.4, -0.2) is 36.6 Å².